The first-order valence-corrected chi connectivity index (χ1v) is 9.60. The van der Waals surface area contributed by atoms with Gasteiger partial charge in [-0.15, -0.1) is 0 Å². The first-order valence-electron chi connectivity index (χ1n) is 9.22. The van der Waals surface area contributed by atoms with Gasteiger partial charge >= 0.3 is 0 Å². The Bertz CT molecular complexity index is 901. The third kappa shape index (κ3) is 4.56. The minimum atomic E-state index is -0.486. The van der Waals surface area contributed by atoms with Gasteiger partial charge in [0.15, 0.2) is 0 Å². The lowest BCUT2D eigenvalue weighted by Crippen LogP contribution is -2.28. The number of halogens is 1. The summed E-state index contributed by atoms with van der Waals surface area (Å²) in [5.41, 5.74) is 1.17. The van der Waals surface area contributed by atoms with E-state index in [2.05, 4.69) is 5.32 Å². The van der Waals surface area contributed by atoms with Crippen LogP contribution in [0.25, 0.3) is 0 Å². The number of methoxy groups -OCH3 is 2. The van der Waals surface area contributed by atoms with Crippen molar-refractivity contribution in [2.24, 2.45) is 5.92 Å². The van der Waals surface area contributed by atoms with Crippen molar-refractivity contribution < 1.29 is 23.8 Å². The molecular weight excluding hydrogens is 396 g/mol. The van der Waals surface area contributed by atoms with Crippen molar-refractivity contribution >= 4 is 34.8 Å². The van der Waals surface area contributed by atoms with Crippen LogP contribution < -0.4 is 24.4 Å². The smallest absolute Gasteiger partial charge is 0.229 e. The van der Waals surface area contributed by atoms with Crippen LogP contribution in [0.1, 0.15) is 13.3 Å². The molecule has 0 bridgehead atoms. The standard InChI is InChI=1S/C21H23ClN2O5/c1-4-29-15-7-5-14(6-8-15)24-12-13(9-20(24)25)21(26)23-17-11-18(27-2)16(22)10-19(17)28-3/h5-8,10-11,13H,4,9,12H2,1-3H3,(H,23,26)/t13-/m0/s1. The van der Waals surface area contributed by atoms with Crippen LogP contribution in [0, 0.1) is 5.92 Å². The zero-order valence-corrected chi connectivity index (χ0v) is 17.3. The lowest BCUT2D eigenvalue weighted by Gasteiger charge is -2.18. The molecule has 3 rings (SSSR count). The van der Waals surface area contributed by atoms with Gasteiger partial charge in [-0.3, -0.25) is 9.59 Å². The molecule has 154 valence electrons. The van der Waals surface area contributed by atoms with Crippen molar-refractivity contribution in [3.05, 3.63) is 41.4 Å². The summed E-state index contributed by atoms with van der Waals surface area (Å²) < 4.78 is 15.9. The highest BCUT2D eigenvalue weighted by Gasteiger charge is 2.35. The fourth-order valence-electron chi connectivity index (χ4n) is 3.21. The second kappa shape index (κ2) is 9.05. The van der Waals surface area contributed by atoms with E-state index >= 15 is 0 Å². The number of benzene rings is 2. The molecule has 1 saturated heterocycles. The van der Waals surface area contributed by atoms with Gasteiger partial charge in [0.25, 0.3) is 0 Å². The normalized spacial score (nSPS) is 15.9. The number of ether oxygens (including phenoxy) is 3. The maximum atomic E-state index is 12.8. The lowest BCUT2D eigenvalue weighted by molar-refractivity contribution is -0.122. The van der Waals surface area contributed by atoms with Gasteiger partial charge in [-0.1, -0.05) is 11.6 Å². The Labute approximate surface area is 174 Å². The van der Waals surface area contributed by atoms with Gasteiger partial charge in [0.2, 0.25) is 11.8 Å². The lowest BCUT2D eigenvalue weighted by atomic mass is 10.1. The molecule has 1 N–H and O–H groups in total. The van der Waals surface area contributed by atoms with Gasteiger partial charge in [-0.25, -0.2) is 0 Å². The maximum Gasteiger partial charge on any atom is 0.229 e. The average Bonchev–Trinajstić information content (AvgIpc) is 3.11. The molecule has 7 nitrogen and oxygen atoms in total. The van der Waals surface area contributed by atoms with Crippen LogP contribution in [-0.4, -0.2) is 39.2 Å². The van der Waals surface area contributed by atoms with E-state index in [-0.39, 0.29) is 18.2 Å². The molecule has 0 radical (unpaired) electrons. The number of nitrogens with zero attached hydrogens (tertiary/aromatic N) is 1. The van der Waals surface area contributed by atoms with E-state index in [0.29, 0.717) is 35.4 Å². The van der Waals surface area contributed by atoms with Crippen molar-refractivity contribution in [2.45, 2.75) is 13.3 Å². The van der Waals surface area contributed by atoms with E-state index in [9.17, 15) is 9.59 Å². The highest BCUT2D eigenvalue weighted by Crippen LogP contribution is 2.36. The predicted molar refractivity (Wildman–Crippen MR) is 111 cm³/mol. The zero-order chi connectivity index (χ0) is 21.0. The summed E-state index contributed by atoms with van der Waals surface area (Å²) in [5, 5.41) is 3.20. The molecule has 1 heterocycles. The molecule has 1 atom stereocenters. The van der Waals surface area contributed by atoms with Crippen LogP contribution in [-0.2, 0) is 9.59 Å². The van der Waals surface area contributed by atoms with Crippen molar-refractivity contribution in [3.8, 4) is 17.2 Å². The molecule has 0 saturated carbocycles. The van der Waals surface area contributed by atoms with Crippen LogP contribution >= 0.6 is 11.6 Å². The van der Waals surface area contributed by atoms with Crippen LogP contribution in [0.4, 0.5) is 11.4 Å². The second-order valence-electron chi connectivity index (χ2n) is 6.51. The number of anilines is 2. The second-order valence-corrected chi connectivity index (χ2v) is 6.92. The van der Waals surface area contributed by atoms with Crippen LogP contribution in [0.3, 0.4) is 0 Å². The predicted octanol–water partition coefficient (Wildman–Crippen LogP) is 3.75. The minimum Gasteiger partial charge on any atom is -0.495 e. The van der Waals surface area contributed by atoms with Gasteiger partial charge in [-0.2, -0.15) is 0 Å². The average molecular weight is 419 g/mol. The summed E-state index contributed by atoms with van der Waals surface area (Å²) in [7, 11) is 2.98. The molecule has 0 aromatic heterocycles. The van der Waals surface area contributed by atoms with Crippen LogP contribution in [0.5, 0.6) is 17.2 Å². The Morgan fingerprint density at radius 2 is 1.86 bits per heavy atom. The quantitative estimate of drug-likeness (QED) is 0.741. The monoisotopic (exact) mass is 418 g/mol. The van der Waals surface area contributed by atoms with Gasteiger partial charge in [-0.05, 0) is 31.2 Å². The number of carbonyl (C=O) groups excluding carboxylic acids is 2. The summed E-state index contributed by atoms with van der Waals surface area (Å²) in [4.78, 5) is 26.9. The SMILES string of the molecule is CCOc1ccc(N2C[C@@H](C(=O)Nc3cc(OC)c(Cl)cc3OC)CC2=O)cc1. The third-order valence-electron chi connectivity index (χ3n) is 4.69. The van der Waals surface area contributed by atoms with Gasteiger partial charge < -0.3 is 24.4 Å². The first-order chi connectivity index (χ1) is 14.0. The summed E-state index contributed by atoms with van der Waals surface area (Å²) in [6.45, 7) is 2.78. The molecule has 0 unspecified atom stereocenters. The van der Waals surface area contributed by atoms with E-state index in [4.69, 9.17) is 25.8 Å². The zero-order valence-electron chi connectivity index (χ0n) is 16.5. The molecule has 8 heteroatoms. The van der Waals surface area contributed by atoms with E-state index < -0.39 is 5.92 Å². The summed E-state index contributed by atoms with van der Waals surface area (Å²) in [6, 6.07) is 10.4. The van der Waals surface area contributed by atoms with E-state index in [1.165, 1.54) is 14.2 Å². The molecule has 0 aliphatic carbocycles. The van der Waals surface area contributed by atoms with E-state index in [1.54, 1.807) is 17.0 Å². The first kappa shape index (κ1) is 20.8. The Balaban J connectivity index is 1.72. The number of amides is 2. The molecule has 1 aliphatic heterocycles. The van der Waals surface area contributed by atoms with Gasteiger partial charge in [0.05, 0.1) is 37.5 Å². The molecule has 1 fully saturated rings. The molecule has 2 amide bonds. The Morgan fingerprint density at radius 1 is 1.17 bits per heavy atom. The number of rotatable bonds is 7. The Kier molecular flexibility index (Phi) is 6.49. The van der Waals surface area contributed by atoms with E-state index in [1.807, 2.05) is 31.2 Å². The largest absolute Gasteiger partial charge is 0.495 e. The summed E-state index contributed by atoms with van der Waals surface area (Å²) in [5.74, 6) is 0.712. The highest BCUT2D eigenvalue weighted by molar-refractivity contribution is 6.32. The number of carbonyl (C=O) groups is 2. The fraction of sp³-hybridized carbons (Fsp3) is 0.333. The fourth-order valence-corrected chi connectivity index (χ4v) is 3.45. The number of hydrogen-bond acceptors (Lipinski definition) is 5. The van der Waals surface area contributed by atoms with Crippen LogP contribution in [0.15, 0.2) is 36.4 Å². The van der Waals surface area contributed by atoms with E-state index in [0.717, 1.165) is 11.4 Å². The van der Waals surface area contributed by atoms with Crippen molar-refractivity contribution in [2.75, 3.05) is 37.6 Å². The van der Waals surface area contributed by atoms with Gasteiger partial charge in [0, 0.05) is 30.8 Å². The van der Waals surface area contributed by atoms with Crippen LogP contribution in [0.2, 0.25) is 5.02 Å². The molecule has 2 aromatic rings. The topological polar surface area (TPSA) is 77.1 Å². The maximum absolute atomic E-state index is 12.8. The number of nitrogens with one attached hydrogen (secondary N) is 1. The minimum absolute atomic E-state index is 0.102. The van der Waals surface area contributed by atoms with Crippen molar-refractivity contribution in [1.82, 2.24) is 0 Å². The molecule has 0 spiro atoms. The van der Waals surface area contributed by atoms with Gasteiger partial charge in [0.1, 0.15) is 17.2 Å². The third-order valence-corrected chi connectivity index (χ3v) is 4.98. The Morgan fingerprint density at radius 3 is 2.48 bits per heavy atom. The number of hydrogen-bond donors (Lipinski definition) is 1. The van der Waals surface area contributed by atoms with Crippen molar-refractivity contribution in [3.63, 3.8) is 0 Å². The highest BCUT2D eigenvalue weighted by atomic mass is 35.5. The molecule has 2 aromatic carbocycles. The summed E-state index contributed by atoms with van der Waals surface area (Å²) >= 11 is 6.10. The molecule has 1 aliphatic rings. The molecular formula is C21H23ClN2O5. The Hall–Kier alpha value is -2.93. The molecule has 29 heavy (non-hydrogen) atoms. The van der Waals surface area contributed by atoms with Crippen molar-refractivity contribution in [1.29, 1.82) is 0 Å². The summed E-state index contributed by atoms with van der Waals surface area (Å²) in [6.07, 6.45) is 0.131.